The number of hydrogen-bond acceptors (Lipinski definition) is 2. The Morgan fingerprint density at radius 1 is 1.40 bits per heavy atom. The quantitative estimate of drug-likeness (QED) is 0.844. The summed E-state index contributed by atoms with van der Waals surface area (Å²) in [4.78, 5) is 0. The Bertz CT molecular complexity index is 303. The van der Waals surface area contributed by atoms with Crippen LogP contribution in [0.25, 0.3) is 0 Å². The van der Waals surface area contributed by atoms with Gasteiger partial charge in [-0.15, -0.1) is 12.4 Å². The van der Waals surface area contributed by atoms with E-state index in [-0.39, 0.29) is 19.0 Å². The summed E-state index contributed by atoms with van der Waals surface area (Å²) >= 11 is 0. The molecule has 1 aromatic carbocycles. The first-order valence-electron chi connectivity index (χ1n) is 4.30. The molecular weight excluding hydrogens is 224 g/mol. The molecule has 0 heterocycles. The Morgan fingerprint density at radius 3 is 2.27 bits per heavy atom. The predicted octanol–water partition coefficient (Wildman–Crippen LogP) is 1.97. The van der Waals surface area contributed by atoms with E-state index in [2.05, 4.69) is 0 Å². The number of aliphatic hydroxyl groups is 1. The first-order valence-corrected chi connectivity index (χ1v) is 4.30. The van der Waals surface area contributed by atoms with Crippen molar-refractivity contribution in [2.24, 2.45) is 5.73 Å². The average molecular weight is 238 g/mol. The summed E-state index contributed by atoms with van der Waals surface area (Å²) in [6, 6.07) is 5.03. The van der Waals surface area contributed by atoms with E-state index >= 15 is 0 Å². The van der Waals surface area contributed by atoms with Gasteiger partial charge in [0, 0.05) is 6.54 Å². The van der Waals surface area contributed by atoms with E-state index in [1.54, 1.807) is 0 Å². The third-order valence-electron chi connectivity index (χ3n) is 2.16. The van der Waals surface area contributed by atoms with Crippen LogP contribution >= 0.6 is 12.4 Å². The molecule has 86 valence electrons. The molecule has 5 heteroatoms. The van der Waals surface area contributed by atoms with E-state index in [4.69, 9.17) is 5.73 Å². The number of alkyl halides is 1. The maximum atomic E-state index is 13.5. The number of nitrogens with two attached hydrogens (primary N) is 1. The minimum atomic E-state index is -1.89. The van der Waals surface area contributed by atoms with Crippen molar-refractivity contribution in [2.75, 3.05) is 6.54 Å². The first-order chi connectivity index (χ1) is 6.47. The minimum Gasteiger partial charge on any atom is -0.385 e. The van der Waals surface area contributed by atoms with Gasteiger partial charge in [-0.25, -0.2) is 8.78 Å². The SMILES string of the molecule is C[C@](F)(CN)[C@H](O)c1ccc(F)cc1.Cl. The highest BCUT2D eigenvalue weighted by atomic mass is 35.5. The van der Waals surface area contributed by atoms with Crippen molar-refractivity contribution in [3.8, 4) is 0 Å². The lowest BCUT2D eigenvalue weighted by Crippen LogP contribution is -2.36. The summed E-state index contributed by atoms with van der Waals surface area (Å²) < 4.78 is 26.1. The predicted molar refractivity (Wildman–Crippen MR) is 57.2 cm³/mol. The third kappa shape index (κ3) is 3.41. The third-order valence-corrected chi connectivity index (χ3v) is 2.16. The monoisotopic (exact) mass is 237 g/mol. The Kier molecular flexibility index (Phi) is 5.14. The van der Waals surface area contributed by atoms with Crippen LogP contribution in [0.2, 0.25) is 0 Å². The Morgan fingerprint density at radius 2 is 1.87 bits per heavy atom. The molecule has 0 saturated heterocycles. The lowest BCUT2D eigenvalue weighted by atomic mass is 9.95. The van der Waals surface area contributed by atoms with Gasteiger partial charge in [0.2, 0.25) is 0 Å². The highest BCUT2D eigenvalue weighted by Crippen LogP contribution is 2.28. The standard InChI is InChI=1S/C10H13F2NO.ClH/c1-10(12,6-13)9(14)7-2-4-8(11)5-3-7;/h2-5,9,14H,6,13H2,1H3;1H/t9-,10+;/m1./s1. The zero-order valence-electron chi connectivity index (χ0n) is 8.28. The van der Waals surface area contributed by atoms with Crippen LogP contribution in [0, 0.1) is 5.82 Å². The van der Waals surface area contributed by atoms with Gasteiger partial charge < -0.3 is 10.8 Å². The molecule has 2 atom stereocenters. The highest BCUT2D eigenvalue weighted by Gasteiger charge is 2.32. The average Bonchev–Trinajstić information content (AvgIpc) is 2.18. The molecule has 0 aliphatic carbocycles. The Balaban J connectivity index is 0.00000196. The van der Waals surface area contributed by atoms with Gasteiger partial charge in [-0.1, -0.05) is 12.1 Å². The van der Waals surface area contributed by atoms with Gasteiger partial charge in [0.25, 0.3) is 0 Å². The molecule has 0 fully saturated rings. The topological polar surface area (TPSA) is 46.2 Å². The molecule has 0 saturated carbocycles. The van der Waals surface area contributed by atoms with Crippen molar-refractivity contribution < 1.29 is 13.9 Å². The van der Waals surface area contributed by atoms with Gasteiger partial charge in [-0.05, 0) is 24.6 Å². The molecule has 0 aliphatic rings. The number of rotatable bonds is 3. The van der Waals surface area contributed by atoms with E-state index in [0.717, 1.165) is 0 Å². The summed E-state index contributed by atoms with van der Waals surface area (Å²) in [5, 5.41) is 9.56. The fraction of sp³-hybridized carbons (Fsp3) is 0.400. The molecular formula is C10H14ClF2NO. The molecule has 1 rings (SSSR count). The molecule has 15 heavy (non-hydrogen) atoms. The molecule has 0 bridgehead atoms. The van der Waals surface area contributed by atoms with Gasteiger partial charge in [0.05, 0.1) is 0 Å². The van der Waals surface area contributed by atoms with Gasteiger partial charge in [0.1, 0.15) is 17.6 Å². The number of halogens is 3. The van der Waals surface area contributed by atoms with Crippen LogP contribution < -0.4 is 5.73 Å². The van der Waals surface area contributed by atoms with Crippen molar-refractivity contribution in [1.82, 2.24) is 0 Å². The van der Waals surface area contributed by atoms with E-state index in [9.17, 15) is 13.9 Å². The van der Waals surface area contributed by atoms with Crippen LogP contribution in [0.4, 0.5) is 8.78 Å². The summed E-state index contributed by atoms with van der Waals surface area (Å²) in [6.07, 6.45) is -1.33. The second kappa shape index (κ2) is 5.39. The molecule has 0 unspecified atom stereocenters. The largest absolute Gasteiger partial charge is 0.385 e. The highest BCUT2D eigenvalue weighted by molar-refractivity contribution is 5.85. The zero-order chi connectivity index (χ0) is 10.8. The van der Waals surface area contributed by atoms with Crippen molar-refractivity contribution in [3.05, 3.63) is 35.6 Å². The smallest absolute Gasteiger partial charge is 0.150 e. The van der Waals surface area contributed by atoms with Gasteiger partial charge >= 0.3 is 0 Å². The van der Waals surface area contributed by atoms with Crippen LogP contribution in [-0.4, -0.2) is 17.3 Å². The molecule has 0 radical (unpaired) electrons. The van der Waals surface area contributed by atoms with Crippen LogP contribution in [0.1, 0.15) is 18.6 Å². The second-order valence-corrected chi connectivity index (χ2v) is 3.44. The lowest BCUT2D eigenvalue weighted by molar-refractivity contribution is 0.00899. The molecule has 0 aromatic heterocycles. The van der Waals surface area contributed by atoms with Crippen molar-refractivity contribution in [3.63, 3.8) is 0 Å². The molecule has 1 aromatic rings. The van der Waals surface area contributed by atoms with Crippen LogP contribution in [-0.2, 0) is 0 Å². The number of benzene rings is 1. The molecule has 0 aliphatic heterocycles. The number of hydrogen-bond donors (Lipinski definition) is 2. The van der Waals surface area contributed by atoms with Crippen LogP contribution in [0.3, 0.4) is 0 Å². The van der Waals surface area contributed by atoms with Crippen LogP contribution in [0.15, 0.2) is 24.3 Å². The van der Waals surface area contributed by atoms with E-state index < -0.39 is 17.6 Å². The van der Waals surface area contributed by atoms with Gasteiger partial charge in [-0.2, -0.15) is 0 Å². The maximum absolute atomic E-state index is 13.5. The summed E-state index contributed by atoms with van der Waals surface area (Å²) in [5.41, 5.74) is 3.60. The molecule has 3 N–H and O–H groups in total. The molecule has 0 spiro atoms. The summed E-state index contributed by atoms with van der Waals surface area (Å²) in [7, 11) is 0. The number of aliphatic hydroxyl groups excluding tert-OH is 1. The van der Waals surface area contributed by atoms with Crippen molar-refractivity contribution in [2.45, 2.75) is 18.7 Å². The van der Waals surface area contributed by atoms with Gasteiger partial charge in [-0.3, -0.25) is 0 Å². The molecule has 2 nitrogen and oxygen atoms in total. The maximum Gasteiger partial charge on any atom is 0.150 e. The Labute approximate surface area is 93.5 Å². The second-order valence-electron chi connectivity index (χ2n) is 3.44. The minimum absolute atomic E-state index is 0. The summed E-state index contributed by atoms with van der Waals surface area (Å²) in [6.45, 7) is 0.923. The van der Waals surface area contributed by atoms with E-state index in [1.807, 2.05) is 0 Å². The zero-order valence-corrected chi connectivity index (χ0v) is 9.10. The fourth-order valence-electron chi connectivity index (χ4n) is 1.10. The normalized spacial score (nSPS) is 16.3. The summed E-state index contributed by atoms with van der Waals surface area (Å²) in [5.74, 6) is -0.422. The first kappa shape index (κ1) is 14.3. The Hall–Kier alpha value is -0.710. The fourth-order valence-corrected chi connectivity index (χ4v) is 1.10. The van der Waals surface area contributed by atoms with Crippen LogP contribution in [0.5, 0.6) is 0 Å². The van der Waals surface area contributed by atoms with E-state index in [1.165, 1.54) is 31.2 Å². The van der Waals surface area contributed by atoms with Gasteiger partial charge in [0.15, 0.2) is 0 Å². The lowest BCUT2D eigenvalue weighted by Gasteiger charge is -2.24. The molecule has 0 amide bonds. The van der Waals surface area contributed by atoms with Crippen molar-refractivity contribution in [1.29, 1.82) is 0 Å². The van der Waals surface area contributed by atoms with E-state index in [0.29, 0.717) is 5.56 Å². The van der Waals surface area contributed by atoms with Crippen molar-refractivity contribution >= 4 is 12.4 Å².